The molecule has 0 unspecified atom stereocenters. The van der Waals surface area contributed by atoms with E-state index in [4.69, 9.17) is 26.8 Å². The Morgan fingerprint density at radius 3 is 2.79 bits per heavy atom. The fraction of sp³-hybridized carbons (Fsp3) is 0.444. The molecule has 10 nitrogen and oxygen atoms in total. The van der Waals surface area contributed by atoms with Gasteiger partial charge in [0.25, 0.3) is 0 Å². The summed E-state index contributed by atoms with van der Waals surface area (Å²) in [6.07, 6.45) is 4.10. The standard InChI is InChI=1S/C18H23ClN8O2/c1-28-6-7-29-18-24-15(20)17-23-11-13(27(17)25-18)8-12-9-14(19)16(22-10-12)26-4-2-21-3-5-26/h9-11,21H,2-8H2,1H3,(H2,20,24,25). The van der Waals surface area contributed by atoms with Crippen molar-refractivity contribution in [2.75, 3.05) is 57.1 Å². The lowest BCUT2D eigenvalue weighted by atomic mass is 10.1. The van der Waals surface area contributed by atoms with Crippen molar-refractivity contribution in [3.63, 3.8) is 0 Å². The molecule has 0 saturated carbocycles. The number of halogens is 1. The van der Waals surface area contributed by atoms with Crippen LogP contribution in [0.5, 0.6) is 6.01 Å². The summed E-state index contributed by atoms with van der Waals surface area (Å²) in [7, 11) is 1.60. The van der Waals surface area contributed by atoms with Gasteiger partial charge in [0.2, 0.25) is 0 Å². The maximum Gasteiger partial charge on any atom is 0.336 e. The normalized spacial score (nSPS) is 14.5. The number of nitrogen functional groups attached to an aromatic ring is 1. The van der Waals surface area contributed by atoms with Crippen LogP contribution in [0.25, 0.3) is 5.65 Å². The second kappa shape index (κ2) is 8.76. The van der Waals surface area contributed by atoms with Crippen molar-refractivity contribution in [3.8, 4) is 6.01 Å². The number of methoxy groups -OCH3 is 1. The summed E-state index contributed by atoms with van der Waals surface area (Å²) in [4.78, 5) is 15.2. The molecule has 29 heavy (non-hydrogen) atoms. The smallest absolute Gasteiger partial charge is 0.336 e. The highest BCUT2D eigenvalue weighted by Crippen LogP contribution is 2.26. The van der Waals surface area contributed by atoms with Gasteiger partial charge in [-0.1, -0.05) is 11.6 Å². The minimum atomic E-state index is 0.177. The fourth-order valence-corrected chi connectivity index (χ4v) is 3.52. The number of imidazole rings is 1. The van der Waals surface area contributed by atoms with Gasteiger partial charge in [-0.25, -0.2) is 14.5 Å². The van der Waals surface area contributed by atoms with E-state index in [1.165, 1.54) is 0 Å². The molecule has 1 saturated heterocycles. The van der Waals surface area contributed by atoms with E-state index in [0.29, 0.717) is 30.3 Å². The first-order valence-electron chi connectivity index (χ1n) is 9.37. The largest absolute Gasteiger partial charge is 0.460 e. The first-order valence-corrected chi connectivity index (χ1v) is 9.75. The summed E-state index contributed by atoms with van der Waals surface area (Å²) in [5.74, 6) is 1.07. The predicted molar refractivity (Wildman–Crippen MR) is 110 cm³/mol. The number of piperazine rings is 1. The molecule has 0 aliphatic carbocycles. The topological polar surface area (TPSA) is 116 Å². The predicted octanol–water partition coefficient (Wildman–Crippen LogP) is 0.781. The Morgan fingerprint density at radius 2 is 2.03 bits per heavy atom. The van der Waals surface area contributed by atoms with E-state index in [1.54, 1.807) is 17.8 Å². The van der Waals surface area contributed by atoms with E-state index in [-0.39, 0.29) is 11.8 Å². The van der Waals surface area contributed by atoms with Crippen LogP contribution in [0.2, 0.25) is 5.02 Å². The number of nitrogens with zero attached hydrogens (tertiary/aromatic N) is 6. The van der Waals surface area contributed by atoms with Crippen LogP contribution in [0.4, 0.5) is 11.6 Å². The van der Waals surface area contributed by atoms with Gasteiger partial charge in [-0.3, -0.25) is 0 Å². The van der Waals surface area contributed by atoms with Gasteiger partial charge < -0.3 is 25.4 Å². The van der Waals surface area contributed by atoms with Crippen molar-refractivity contribution in [3.05, 3.63) is 34.7 Å². The average Bonchev–Trinajstić information content (AvgIpc) is 3.12. The number of hydrogen-bond donors (Lipinski definition) is 2. The number of anilines is 2. The second-order valence-corrected chi connectivity index (χ2v) is 7.08. The van der Waals surface area contributed by atoms with Crippen molar-refractivity contribution >= 4 is 28.9 Å². The Labute approximate surface area is 173 Å². The van der Waals surface area contributed by atoms with Gasteiger partial charge in [-0.2, -0.15) is 4.98 Å². The molecule has 154 valence electrons. The SMILES string of the molecule is COCCOc1nc(N)c2ncc(Cc3cnc(N4CCNCC4)c(Cl)c3)n2n1. The third-order valence-electron chi connectivity index (χ3n) is 4.64. The van der Waals surface area contributed by atoms with Crippen LogP contribution in [0.1, 0.15) is 11.3 Å². The monoisotopic (exact) mass is 418 g/mol. The molecule has 3 N–H and O–H groups in total. The number of pyridine rings is 1. The summed E-state index contributed by atoms with van der Waals surface area (Å²) >= 11 is 6.52. The molecule has 0 radical (unpaired) electrons. The molecule has 0 bridgehead atoms. The molecule has 0 spiro atoms. The number of rotatable bonds is 7. The number of hydrogen-bond acceptors (Lipinski definition) is 9. The Hall–Kier alpha value is -2.69. The zero-order chi connectivity index (χ0) is 20.2. The molecule has 11 heteroatoms. The summed E-state index contributed by atoms with van der Waals surface area (Å²) in [5.41, 5.74) is 8.27. The van der Waals surface area contributed by atoms with Crippen molar-refractivity contribution < 1.29 is 9.47 Å². The van der Waals surface area contributed by atoms with Crippen LogP contribution in [0.15, 0.2) is 18.5 Å². The molecule has 0 aromatic carbocycles. The maximum absolute atomic E-state index is 6.52. The first-order chi connectivity index (χ1) is 14.2. The summed E-state index contributed by atoms with van der Waals surface area (Å²) in [6.45, 7) is 4.40. The molecule has 0 amide bonds. The van der Waals surface area contributed by atoms with Crippen LogP contribution >= 0.6 is 11.6 Å². The van der Waals surface area contributed by atoms with E-state index in [9.17, 15) is 0 Å². The third kappa shape index (κ3) is 4.34. The first kappa shape index (κ1) is 19.6. The number of nitrogens with one attached hydrogen (secondary N) is 1. The van der Waals surface area contributed by atoms with E-state index < -0.39 is 0 Å². The quantitative estimate of drug-likeness (QED) is 0.537. The number of nitrogens with two attached hydrogens (primary N) is 1. The van der Waals surface area contributed by atoms with Gasteiger partial charge in [-0.15, -0.1) is 5.10 Å². The minimum absolute atomic E-state index is 0.177. The van der Waals surface area contributed by atoms with Crippen molar-refractivity contribution in [1.29, 1.82) is 0 Å². The highest BCUT2D eigenvalue weighted by Gasteiger charge is 2.17. The average molecular weight is 419 g/mol. The number of aromatic nitrogens is 5. The Kier molecular flexibility index (Phi) is 5.93. The molecule has 3 aromatic heterocycles. The van der Waals surface area contributed by atoms with Crippen molar-refractivity contribution in [2.24, 2.45) is 0 Å². The van der Waals surface area contributed by atoms with Crippen LogP contribution < -0.4 is 20.7 Å². The van der Waals surface area contributed by atoms with Crippen LogP contribution in [-0.4, -0.2) is 71.1 Å². The van der Waals surface area contributed by atoms with Crippen molar-refractivity contribution in [1.82, 2.24) is 29.9 Å². The maximum atomic E-state index is 6.52. The second-order valence-electron chi connectivity index (χ2n) is 6.67. The summed E-state index contributed by atoms with van der Waals surface area (Å²) in [6, 6.07) is 2.11. The van der Waals surface area contributed by atoms with Gasteiger partial charge in [0, 0.05) is 45.9 Å². The van der Waals surface area contributed by atoms with E-state index in [0.717, 1.165) is 43.3 Å². The molecule has 1 aliphatic heterocycles. The Bertz CT molecular complexity index is 989. The third-order valence-corrected chi connectivity index (χ3v) is 4.92. The lowest BCUT2D eigenvalue weighted by Gasteiger charge is -2.29. The summed E-state index contributed by atoms with van der Waals surface area (Å²) in [5, 5.41) is 8.35. The molecule has 4 heterocycles. The highest BCUT2D eigenvalue weighted by molar-refractivity contribution is 6.33. The van der Waals surface area contributed by atoms with Crippen LogP contribution in [0, 0.1) is 0 Å². The van der Waals surface area contributed by atoms with Gasteiger partial charge in [0.05, 0.1) is 23.5 Å². The highest BCUT2D eigenvalue weighted by atomic mass is 35.5. The molecular weight excluding hydrogens is 396 g/mol. The van der Waals surface area contributed by atoms with E-state index in [2.05, 4.69) is 30.3 Å². The van der Waals surface area contributed by atoms with E-state index >= 15 is 0 Å². The molecule has 4 rings (SSSR count). The van der Waals surface area contributed by atoms with E-state index in [1.807, 2.05) is 12.3 Å². The van der Waals surface area contributed by atoms with Crippen LogP contribution in [-0.2, 0) is 11.2 Å². The molecule has 3 aromatic rings. The van der Waals surface area contributed by atoms with Gasteiger partial charge in [0.1, 0.15) is 12.4 Å². The van der Waals surface area contributed by atoms with Crippen LogP contribution in [0.3, 0.4) is 0 Å². The Balaban J connectivity index is 1.56. The van der Waals surface area contributed by atoms with Gasteiger partial charge in [-0.05, 0) is 11.6 Å². The number of ether oxygens (including phenoxy) is 2. The van der Waals surface area contributed by atoms with Gasteiger partial charge >= 0.3 is 6.01 Å². The summed E-state index contributed by atoms with van der Waals surface area (Å²) < 4.78 is 12.1. The molecule has 1 aliphatic rings. The molecular formula is C18H23ClN8O2. The zero-order valence-corrected chi connectivity index (χ0v) is 16.9. The minimum Gasteiger partial charge on any atom is -0.460 e. The number of fused-ring (bicyclic) bond motifs is 1. The van der Waals surface area contributed by atoms with Crippen molar-refractivity contribution in [2.45, 2.75) is 6.42 Å². The molecule has 1 fully saturated rings. The molecule has 0 atom stereocenters. The zero-order valence-electron chi connectivity index (χ0n) is 16.1. The lowest BCUT2D eigenvalue weighted by Crippen LogP contribution is -2.44. The fourth-order valence-electron chi connectivity index (χ4n) is 3.21. The van der Waals surface area contributed by atoms with Gasteiger partial charge in [0.15, 0.2) is 11.5 Å². The Morgan fingerprint density at radius 1 is 1.21 bits per heavy atom. The lowest BCUT2D eigenvalue weighted by molar-refractivity contribution is 0.140.